The number of carbonyl (C=O) groups is 2. The Balaban J connectivity index is 0.000000663. The summed E-state index contributed by atoms with van der Waals surface area (Å²) in [5.74, 6) is -3.15. The van der Waals surface area contributed by atoms with Gasteiger partial charge in [0.25, 0.3) is 11.8 Å². The second-order valence-corrected chi connectivity index (χ2v) is 34.8. The largest absolute Gasteiger partial charge is 1.00 e. The van der Waals surface area contributed by atoms with Crippen LogP contribution < -0.4 is 114 Å². The summed E-state index contributed by atoms with van der Waals surface area (Å²) in [5.41, 5.74) is 26.0. The molecule has 0 bridgehead atoms. The number of nitrogens with zero attached hydrogens (tertiary/aromatic N) is 8. The van der Waals surface area contributed by atoms with E-state index >= 15 is 0 Å². The maximum Gasteiger partial charge on any atom is 1.00 e. The summed E-state index contributed by atoms with van der Waals surface area (Å²) in [7, 11) is -19.1. The number of rotatable bonds is 24. The van der Waals surface area contributed by atoms with E-state index in [2.05, 4.69) is 46.3 Å². The summed E-state index contributed by atoms with van der Waals surface area (Å²) in [4.78, 5) is 34.0. The van der Waals surface area contributed by atoms with E-state index in [0.717, 1.165) is 28.8 Å². The molecule has 0 aliphatic rings. The maximum absolute atomic E-state index is 13.3. The average Bonchev–Trinajstić information content (AvgIpc) is 0.779. The molecule has 4 heterocycles. The van der Waals surface area contributed by atoms with Gasteiger partial charge in [-0.3, -0.25) is 9.59 Å². The second kappa shape index (κ2) is 40.3. The first kappa shape index (κ1) is 100. The topological polar surface area (TPSA) is 513 Å². The van der Waals surface area contributed by atoms with Gasteiger partial charge in [-0.1, -0.05) is 111 Å². The number of carbonyl (C=O) groups excluding carboxylic acids is 2. The van der Waals surface area contributed by atoms with Crippen LogP contribution in [0.2, 0.25) is 0 Å². The first-order chi connectivity index (χ1) is 49.3. The molecule has 0 saturated carbocycles. The molecule has 10 N–H and O–H groups in total. The molecule has 0 unspecified atom stereocenters. The number of nitrogen functional groups attached to an aromatic ring is 1. The Bertz CT molecular complexity index is 5270. The molecule has 39 heteroatoms. The summed E-state index contributed by atoms with van der Waals surface area (Å²) in [5, 5.41) is 40.7. The molecule has 0 spiro atoms. The minimum Gasteiger partial charge on any atom is -0.744 e. The zero-order valence-corrected chi connectivity index (χ0v) is 71.7. The van der Waals surface area contributed by atoms with E-state index in [1.165, 1.54) is 48.5 Å². The number of aromatic nitrogens is 4. The van der Waals surface area contributed by atoms with Crippen LogP contribution in [0.15, 0.2) is 84.4 Å². The van der Waals surface area contributed by atoms with Gasteiger partial charge in [0.15, 0.2) is 10.8 Å². The molecule has 0 fully saturated rings. The van der Waals surface area contributed by atoms with E-state index < -0.39 is 62.1 Å². The van der Waals surface area contributed by atoms with Crippen LogP contribution in [0.5, 0.6) is 0 Å². The van der Waals surface area contributed by atoms with Gasteiger partial charge in [-0.05, 0) is 208 Å². The normalized spacial score (nSPS) is 11.7. The van der Waals surface area contributed by atoms with Crippen molar-refractivity contribution in [1.82, 2.24) is 18.7 Å². The van der Waals surface area contributed by atoms with Gasteiger partial charge in [0, 0.05) is 22.7 Å². The molecule has 0 aliphatic carbocycles. The minimum atomic E-state index is -4.83. The maximum atomic E-state index is 13.3. The van der Waals surface area contributed by atoms with Gasteiger partial charge in [0.05, 0.1) is 42.1 Å². The molecule has 111 heavy (non-hydrogen) atoms. The minimum absolute atomic E-state index is 0. The third kappa shape index (κ3) is 24.3. The van der Waals surface area contributed by atoms with E-state index in [1.807, 2.05) is 117 Å². The van der Waals surface area contributed by atoms with Crippen LogP contribution in [-0.2, 0) is 40.5 Å². The summed E-state index contributed by atoms with van der Waals surface area (Å²) in [6.45, 7) is 36.2. The molecule has 8 aromatic rings. The zero-order valence-electron chi connectivity index (χ0n) is 66.8. The molecule has 0 radical (unpaired) electrons. The predicted molar refractivity (Wildman–Crippen MR) is 410 cm³/mol. The number of hydrogen-bond donors (Lipinski definition) is 7. The summed E-state index contributed by atoms with van der Waals surface area (Å²) in [6.07, 6.45) is 0. The van der Waals surface area contributed by atoms with Crippen molar-refractivity contribution in [3.63, 3.8) is 0 Å². The molecule has 0 aliphatic heterocycles. The van der Waals surface area contributed by atoms with Crippen LogP contribution in [0.3, 0.4) is 0 Å². The average molecular weight is 1610 g/mol. The predicted octanol–water partition coefficient (Wildman–Crippen LogP) is 3.53. The van der Waals surface area contributed by atoms with Gasteiger partial charge >= 0.3 is 75.4 Å². The van der Waals surface area contributed by atoms with Crippen LogP contribution in [-0.4, -0.2) is 82.4 Å². The van der Waals surface area contributed by atoms with E-state index in [9.17, 15) is 66.7 Å². The Labute approximate surface area is 706 Å². The van der Waals surface area contributed by atoms with Gasteiger partial charge in [-0.25, -0.2) is 43.6 Å². The first-order valence-electron chi connectivity index (χ1n) is 33.5. The third-order valence-electron chi connectivity index (χ3n) is 17.1. The monoisotopic (exact) mass is 1610 g/mol. The summed E-state index contributed by atoms with van der Waals surface area (Å²) < 4.78 is 153. The number of nitriles is 2. The number of anilines is 9. The van der Waals surface area contributed by atoms with Gasteiger partial charge < -0.3 is 56.7 Å². The number of aryl methyl sites for hydroxylation is 3. The van der Waals surface area contributed by atoms with E-state index in [-0.39, 0.29) is 183 Å². The van der Waals surface area contributed by atoms with Crippen molar-refractivity contribution in [2.75, 3.05) is 27.0 Å². The Morgan fingerprint density at radius 1 is 0.423 bits per heavy atom. The molecular formula is C72H87Li4N15O14S6. The van der Waals surface area contributed by atoms with Crippen LogP contribution in [0, 0.1) is 50.4 Å². The molecule has 0 atom stereocenters. The smallest absolute Gasteiger partial charge is 0.744 e. The SMILES string of the molecule is Cc1cc(Nc2c(C(C)C)cc(S(=O)(=O)[O-])cc2C(C)C)nc(Nc2c(C(C)C)cc(S(=O)(=O)[O-])cc2C(C)C)c1C(N)=O.Cc1nsc(N)c1C#N.Cc1nsc(N=Nc2c(Nc3c(C(C)C)cc(S(=O)(=O)[O-])cc3C(C)C)nc(Nc3c(C(C)C)cc(S(=O)(=O)[O-])cc3C(C)C)c(C(N)=O)c2C)c1C#N.[Li+].[Li+].[Li+].[Li+]. The third-order valence-corrected chi connectivity index (χ3v) is 22.0. The van der Waals surface area contributed by atoms with Crippen molar-refractivity contribution in [3.05, 3.63) is 144 Å². The molecule has 4 aromatic carbocycles. The van der Waals surface area contributed by atoms with Gasteiger partial charge in [-0.2, -0.15) is 19.3 Å². The Morgan fingerprint density at radius 2 is 0.703 bits per heavy atom. The molecule has 2 amide bonds. The molecular weight excluding hydrogens is 1520 g/mol. The second-order valence-electron chi connectivity index (χ2n) is 27.8. The van der Waals surface area contributed by atoms with Crippen LogP contribution >= 0.6 is 23.1 Å². The number of primary amides is 2. The van der Waals surface area contributed by atoms with Crippen molar-refractivity contribution in [2.45, 2.75) is 205 Å². The van der Waals surface area contributed by atoms with Gasteiger partial charge in [0.1, 0.15) is 91.9 Å². The van der Waals surface area contributed by atoms with Gasteiger partial charge in [-0.15, -0.1) is 10.2 Å². The molecule has 29 nitrogen and oxygen atoms in total. The zero-order chi connectivity index (χ0) is 80.9. The first-order valence-corrected chi connectivity index (χ1v) is 40.7. The molecule has 0 saturated heterocycles. The number of hydrogen-bond acceptors (Lipinski definition) is 29. The van der Waals surface area contributed by atoms with E-state index in [4.69, 9.17) is 32.4 Å². The summed E-state index contributed by atoms with van der Waals surface area (Å²) >= 11 is 2.11. The van der Waals surface area contributed by atoms with Crippen LogP contribution in [0.1, 0.15) is 257 Å². The van der Waals surface area contributed by atoms with Crippen molar-refractivity contribution >= 4 is 137 Å². The number of amides is 2. The number of nitrogens with one attached hydrogen (secondary N) is 4. The molecule has 4 aromatic heterocycles. The fourth-order valence-corrected chi connectivity index (χ4v) is 15.0. The van der Waals surface area contributed by atoms with Crippen molar-refractivity contribution in [1.29, 1.82) is 10.5 Å². The van der Waals surface area contributed by atoms with Gasteiger partial charge in [0.2, 0.25) is 0 Å². The Kier molecular flexibility index (Phi) is 36.4. The number of pyridine rings is 2. The molecule has 8 rings (SSSR count). The Hall–Kier alpha value is -7.01. The quantitative estimate of drug-likeness (QED) is 0.0258. The number of nitrogens with two attached hydrogens (primary N) is 3. The van der Waals surface area contributed by atoms with Crippen molar-refractivity contribution < 1.29 is 137 Å². The number of azo groups is 1. The fraction of sp³-hybridized carbons (Fsp3) is 0.389. The van der Waals surface area contributed by atoms with Crippen LogP contribution in [0.25, 0.3) is 0 Å². The summed E-state index contributed by atoms with van der Waals surface area (Å²) in [6, 6.07) is 16.2. The fourth-order valence-electron chi connectivity index (χ4n) is 11.5. The van der Waals surface area contributed by atoms with Crippen LogP contribution in [0.4, 0.5) is 61.7 Å². The van der Waals surface area contributed by atoms with Crippen molar-refractivity contribution in [2.24, 2.45) is 21.7 Å². The van der Waals surface area contributed by atoms with E-state index in [1.54, 1.807) is 33.8 Å². The van der Waals surface area contributed by atoms with E-state index in [0.29, 0.717) is 94.9 Å². The Morgan fingerprint density at radius 3 is 0.964 bits per heavy atom. The molecule has 574 valence electrons. The standard InChI is InChI=1S/C36H44N8O7S3.C31H42N4O7S2.C5H5N3S.4Li/c1-16(2)24-11-22(53(46,47)48)12-25(17(3)4)31(24)39-34-29(33(38)45)20(9)30(42-43-36-28(15-37)21(10)44-52-36)35(41-34)40-32-26(18(5)6)13-23(54(49,50)51)14-27(32)19(7)8;1-15(2)22-11-20(43(37,38)39)12-23(16(3)4)28(22)33-26-10-19(9)27(30(32)36)31(34-26)35-29-24(17(5)6)13-21(44(40,41)42)14-25(29)18(7)8;1-3-4(2-6)5(7)9-8-3;;;;/h11-14,16-19H,1-10H3,(H2,38,45)(H2,39,40,41)(H,46,47,48)(H,49,50,51);10-18H,1-9H3,(H2,32,36)(H2,33,34,35)(H,37,38,39)(H,40,41,42);7H2,1H3;;;;/q;;;4*+1/p-4. The van der Waals surface area contributed by atoms with Crippen molar-refractivity contribution in [3.8, 4) is 12.1 Å². The number of benzene rings is 4.